The van der Waals surface area contributed by atoms with Gasteiger partial charge in [0.05, 0.1) is 0 Å². The van der Waals surface area contributed by atoms with Crippen LogP contribution in [0.1, 0.15) is 29.6 Å². The van der Waals surface area contributed by atoms with Crippen LogP contribution in [0.3, 0.4) is 0 Å². The fourth-order valence-corrected chi connectivity index (χ4v) is 4.21. The van der Waals surface area contributed by atoms with Crippen LogP contribution in [0.4, 0.5) is 0 Å². The summed E-state index contributed by atoms with van der Waals surface area (Å²) in [5.41, 5.74) is 2.10. The maximum atomic E-state index is 12.9. The van der Waals surface area contributed by atoms with Gasteiger partial charge in [-0.25, -0.2) is 0 Å². The van der Waals surface area contributed by atoms with Crippen LogP contribution in [0.2, 0.25) is 0 Å². The van der Waals surface area contributed by atoms with Crippen molar-refractivity contribution in [2.75, 3.05) is 33.2 Å². The summed E-state index contributed by atoms with van der Waals surface area (Å²) in [6.45, 7) is 2.94. The molecule has 0 bridgehead atoms. The van der Waals surface area contributed by atoms with E-state index in [1.165, 1.54) is 0 Å². The summed E-state index contributed by atoms with van der Waals surface area (Å²) in [7, 11) is 1.90. The van der Waals surface area contributed by atoms with E-state index >= 15 is 0 Å². The van der Waals surface area contributed by atoms with E-state index < -0.39 is 0 Å². The quantitative estimate of drug-likeness (QED) is 0.811. The molecule has 2 aromatic rings. The summed E-state index contributed by atoms with van der Waals surface area (Å²) in [6, 6.07) is 5.67. The van der Waals surface area contributed by atoms with Crippen LogP contribution < -0.4 is 5.32 Å². The molecule has 2 saturated heterocycles. The first-order valence-electron chi connectivity index (χ1n) is 9.21. The molecular formula is C18H25ClN6O2. The van der Waals surface area contributed by atoms with Crippen molar-refractivity contribution in [2.24, 2.45) is 5.92 Å². The summed E-state index contributed by atoms with van der Waals surface area (Å²) in [6.07, 6.45) is 2.29. The van der Waals surface area contributed by atoms with Crippen LogP contribution in [0.15, 0.2) is 18.2 Å². The second-order valence-corrected chi connectivity index (χ2v) is 7.12. The van der Waals surface area contributed by atoms with Crippen molar-refractivity contribution in [1.29, 1.82) is 0 Å². The Morgan fingerprint density at radius 3 is 2.93 bits per heavy atom. The number of H-pyrrole nitrogens is 1. The van der Waals surface area contributed by atoms with Gasteiger partial charge in [-0.2, -0.15) is 15.4 Å². The Balaban J connectivity index is 0.00000210. The smallest absolute Gasteiger partial charge is 0.253 e. The number of piperidine rings is 2. The molecule has 0 spiro atoms. The third-order valence-electron chi connectivity index (χ3n) is 5.60. The molecule has 2 atom stereocenters. The molecule has 146 valence electrons. The Bertz CT molecular complexity index is 825. The normalized spacial score (nSPS) is 22.5. The highest BCUT2D eigenvalue weighted by molar-refractivity contribution is 5.97. The number of benzene rings is 1. The van der Waals surface area contributed by atoms with Gasteiger partial charge in [0.1, 0.15) is 11.0 Å². The number of likely N-dealkylation sites (tertiary alicyclic amines) is 2. The number of carbonyl (C=O) groups excluding carboxylic acids is 2. The van der Waals surface area contributed by atoms with Crippen LogP contribution in [-0.4, -0.2) is 76.3 Å². The van der Waals surface area contributed by atoms with E-state index in [4.69, 9.17) is 0 Å². The molecule has 1 aromatic carbocycles. The van der Waals surface area contributed by atoms with Gasteiger partial charge in [-0.1, -0.05) is 0 Å². The third kappa shape index (κ3) is 3.77. The molecule has 0 radical (unpaired) electrons. The zero-order valence-electron chi connectivity index (χ0n) is 15.4. The number of rotatable bonds is 4. The van der Waals surface area contributed by atoms with Gasteiger partial charge in [0.25, 0.3) is 5.91 Å². The number of halogens is 1. The number of fused-ring (bicyclic) bond motifs is 2. The molecule has 3 heterocycles. The fraction of sp³-hybridized carbons (Fsp3) is 0.556. The van der Waals surface area contributed by atoms with Gasteiger partial charge in [-0.3, -0.25) is 9.59 Å². The van der Waals surface area contributed by atoms with Crippen molar-refractivity contribution >= 4 is 35.3 Å². The monoisotopic (exact) mass is 392 g/mol. The summed E-state index contributed by atoms with van der Waals surface area (Å²) in [5.74, 6) is 0.642. The van der Waals surface area contributed by atoms with E-state index in [-0.39, 0.29) is 30.3 Å². The predicted octanol–water partition coefficient (Wildman–Crippen LogP) is 1.05. The lowest BCUT2D eigenvalue weighted by atomic mass is 9.83. The first kappa shape index (κ1) is 19.6. The molecule has 0 unspecified atom stereocenters. The highest BCUT2D eigenvalue weighted by atomic mass is 35.5. The van der Waals surface area contributed by atoms with Gasteiger partial charge >= 0.3 is 0 Å². The minimum absolute atomic E-state index is 0. The molecule has 1 aromatic heterocycles. The first-order chi connectivity index (χ1) is 12.7. The number of aromatic amines is 1. The zero-order valence-corrected chi connectivity index (χ0v) is 16.2. The van der Waals surface area contributed by atoms with E-state index in [0.717, 1.165) is 31.4 Å². The molecule has 8 nitrogen and oxygen atoms in total. The topological polar surface area (TPSA) is 94.2 Å². The van der Waals surface area contributed by atoms with E-state index in [1.807, 2.05) is 29.0 Å². The highest BCUT2D eigenvalue weighted by Crippen LogP contribution is 2.31. The fourth-order valence-electron chi connectivity index (χ4n) is 4.21. The molecule has 0 aliphatic carbocycles. The molecule has 2 amide bonds. The lowest BCUT2D eigenvalue weighted by Crippen LogP contribution is -2.57. The standard InChI is InChI=1S/C18H24N6O2.ClH/c1-19-7-9-24-16-6-8-23(11-13(16)3-5-17(24)25)18(26)12-2-4-14-15(10-12)21-22-20-14;/h2,4,10,13,16,19H,3,5-9,11H2,1H3,(H,20,21,22);1H/t13-,16+;/m0./s1. The number of hydrogen-bond acceptors (Lipinski definition) is 5. The number of carbonyl (C=O) groups is 2. The van der Waals surface area contributed by atoms with Gasteiger partial charge < -0.3 is 15.1 Å². The van der Waals surface area contributed by atoms with Gasteiger partial charge in [-0.05, 0) is 44.0 Å². The van der Waals surface area contributed by atoms with Crippen molar-refractivity contribution in [3.63, 3.8) is 0 Å². The molecule has 9 heteroatoms. The zero-order chi connectivity index (χ0) is 18.1. The Morgan fingerprint density at radius 2 is 2.11 bits per heavy atom. The SMILES string of the molecule is CNCCN1C(=O)CC[C@H]2CN(C(=O)c3ccc4n[nH]nc4c3)CC[C@H]21.Cl. The van der Waals surface area contributed by atoms with Gasteiger partial charge in [0, 0.05) is 44.2 Å². The molecule has 0 saturated carbocycles. The molecule has 2 aliphatic rings. The van der Waals surface area contributed by atoms with Crippen molar-refractivity contribution in [1.82, 2.24) is 30.5 Å². The predicted molar refractivity (Wildman–Crippen MR) is 104 cm³/mol. The van der Waals surface area contributed by atoms with Crippen LogP contribution in [-0.2, 0) is 4.79 Å². The van der Waals surface area contributed by atoms with E-state index in [2.05, 4.69) is 20.7 Å². The van der Waals surface area contributed by atoms with Crippen LogP contribution in [0.25, 0.3) is 11.0 Å². The maximum Gasteiger partial charge on any atom is 0.253 e. The number of nitrogens with zero attached hydrogens (tertiary/aromatic N) is 4. The number of hydrogen-bond donors (Lipinski definition) is 2. The minimum Gasteiger partial charge on any atom is -0.338 e. The first-order valence-corrected chi connectivity index (χ1v) is 9.21. The van der Waals surface area contributed by atoms with Crippen molar-refractivity contribution in [3.05, 3.63) is 23.8 Å². The Hall–Kier alpha value is -2.19. The average molecular weight is 393 g/mol. The van der Waals surface area contributed by atoms with Crippen molar-refractivity contribution in [2.45, 2.75) is 25.3 Å². The number of aromatic nitrogens is 3. The molecule has 4 rings (SSSR count). The molecule has 2 aliphatic heterocycles. The summed E-state index contributed by atoms with van der Waals surface area (Å²) < 4.78 is 0. The van der Waals surface area contributed by atoms with E-state index in [0.29, 0.717) is 36.5 Å². The van der Waals surface area contributed by atoms with E-state index in [9.17, 15) is 9.59 Å². The average Bonchev–Trinajstić information content (AvgIpc) is 3.14. The Morgan fingerprint density at radius 1 is 1.30 bits per heavy atom. The lowest BCUT2D eigenvalue weighted by molar-refractivity contribution is -0.140. The summed E-state index contributed by atoms with van der Waals surface area (Å²) >= 11 is 0. The van der Waals surface area contributed by atoms with Gasteiger partial charge in [-0.15, -0.1) is 12.4 Å². The lowest BCUT2D eigenvalue weighted by Gasteiger charge is -2.47. The Kier molecular flexibility index (Phi) is 5.96. The van der Waals surface area contributed by atoms with Crippen LogP contribution in [0, 0.1) is 5.92 Å². The second-order valence-electron chi connectivity index (χ2n) is 7.12. The van der Waals surface area contributed by atoms with Crippen LogP contribution in [0.5, 0.6) is 0 Å². The van der Waals surface area contributed by atoms with Crippen molar-refractivity contribution in [3.8, 4) is 0 Å². The largest absolute Gasteiger partial charge is 0.338 e. The molecule has 27 heavy (non-hydrogen) atoms. The van der Waals surface area contributed by atoms with Crippen LogP contribution >= 0.6 is 12.4 Å². The highest BCUT2D eigenvalue weighted by Gasteiger charge is 2.40. The molecule has 2 fully saturated rings. The number of nitrogens with one attached hydrogen (secondary N) is 2. The maximum absolute atomic E-state index is 12.9. The Labute approximate surface area is 164 Å². The van der Waals surface area contributed by atoms with Gasteiger partial charge in [0.15, 0.2) is 0 Å². The number of likely N-dealkylation sites (N-methyl/N-ethyl adjacent to an activating group) is 1. The summed E-state index contributed by atoms with van der Waals surface area (Å²) in [4.78, 5) is 29.2. The van der Waals surface area contributed by atoms with Gasteiger partial charge in [0.2, 0.25) is 5.91 Å². The number of amides is 2. The molecular weight excluding hydrogens is 368 g/mol. The minimum atomic E-state index is 0. The third-order valence-corrected chi connectivity index (χ3v) is 5.60. The molecule has 2 N–H and O–H groups in total. The van der Waals surface area contributed by atoms with E-state index in [1.54, 1.807) is 6.07 Å². The summed E-state index contributed by atoms with van der Waals surface area (Å²) in [5, 5.41) is 13.8. The second kappa shape index (κ2) is 8.22. The van der Waals surface area contributed by atoms with Crippen molar-refractivity contribution < 1.29 is 9.59 Å².